The normalized spacial score (nSPS) is 14.2. The van der Waals surface area contributed by atoms with Crippen LogP contribution >= 0.6 is 0 Å². The topological polar surface area (TPSA) is 76.6 Å². The molecule has 0 aliphatic carbocycles. The van der Waals surface area contributed by atoms with Gasteiger partial charge in [-0.25, -0.2) is 9.97 Å². The predicted molar refractivity (Wildman–Crippen MR) is 94.1 cm³/mol. The molecule has 1 saturated heterocycles. The second-order valence-corrected chi connectivity index (χ2v) is 5.71. The van der Waals surface area contributed by atoms with Crippen LogP contribution in [-0.4, -0.2) is 55.8 Å². The molecule has 1 aliphatic rings. The van der Waals surface area contributed by atoms with Gasteiger partial charge in [-0.2, -0.15) is 0 Å². The average Bonchev–Trinajstić information content (AvgIpc) is 2.69. The molecular weight excluding hydrogens is 320 g/mol. The van der Waals surface area contributed by atoms with Crippen molar-refractivity contribution in [3.05, 3.63) is 47.9 Å². The number of aromatic nitrogens is 2. The van der Waals surface area contributed by atoms with E-state index in [0.29, 0.717) is 25.5 Å². The van der Waals surface area contributed by atoms with Gasteiger partial charge in [-0.1, -0.05) is 12.1 Å². The van der Waals surface area contributed by atoms with E-state index in [0.717, 1.165) is 36.6 Å². The quantitative estimate of drug-likeness (QED) is 0.853. The number of nitrogens with one attached hydrogen (secondary N) is 1. The number of methoxy groups -OCH3 is 1. The van der Waals surface area contributed by atoms with Crippen molar-refractivity contribution in [2.75, 3.05) is 44.9 Å². The molecule has 0 bridgehead atoms. The fourth-order valence-corrected chi connectivity index (χ4v) is 2.60. The smallest absolute Gasteiger partial charge is 0.271 e. The number of amides is 1. The largest absolute Gasteiger partial charge is 0.497 e. The molecular formula is C18H22N4O3. The van der Waals surface area contributed by atoms with E-state index in [2.05, 4.69) is 20.2 Å². The van der Waals surface area contributed by atoms with Gasteiger partial charge in [0.2, 0.25) is 0 Å². The first kappa shape index (κ1) is 17.2. The van der Waals surface area contributed by atoms with Crippen molar-refractivity contribution in [1.29, 1.82) is 0 Å². The Balaban J connectivity index is 1.48. The second kappa shape index (κ2) is 8.43. The summed E-state index contributed by atoms with van der Waals surface area (Å²) in [6, 6.07) is 7.80. The summed E-state index contributed by atoms with van der Waals surface area (Å²) >= 11 is 0. The Bertz CT molecular complexity index is 682. The molecule has 2 heterocycles. The van der Waals surface area contributed by atoms with E-state index in [4.69, 9.17) is 9.47 Å². The first-order valence-corrected chi connectivity index (χ1v) is 8.32. The van der Waals surface area contributed by atoms with Gasteiger partial charge in [-0.15, -0.1) is 0 Å². The lowest BCUT2D eigenvalue weighted by Gasteiger charge is -2.27. The fraction of sp³-hybridized carbons (Fsp3) is 0.389. The number of carbonyl (C=O) groups is 1. The van der Waals surface area contributed by atoms with Crippen molar-refractivity contribution < 1.29 is 14.3 Å². The summed E-state index contributed by atoms with van der Waals surface area (Å²) < 4.78 is 10.4. The zero-order chi connectivity index (χ0) is 17.5. The number of hydrogen-bond acceptors (Lipinski definition) is 6. The first-order valence-electron chi connectivity index (χ1n) is 8.32. The maximum Gasteiger partial charge on any atom is 0.271 e. The van der Waals surface area contributed by atoms with Crippen LogP contribution in [0.5, 0.6) is 5.75 Å². The molecule has 1 N–H and O–H groups in total. The number of nitrogens with zero attached hydrogens (tertiary/aromatic N) is 3. The van der Waals surface area contributed by atoms with Crippen molar-refractivity contribution >= 4 is 11.7 Å². The molecule has 25 heavy (non-hydrogen) atoms. The van der Waals surface area contributed by atoms with Gasteiger partial charge in [0.25, 0.3) is 5.91 Å². The van der Waals surface area contributed by atoms with Gasteiger partial charge in [-0.3, -0.25) is 4.79 Å². The lowest BCUT2D eigenvalue weighted by molar-refractivity contribution is 0.0948. The van der Waals surface area contributed by atoms with Gasteiger partial charge in [0.1, 0.15) is 17.3 Å². The van der Waals surface area contributed by atoms with Gasteiger partial charge >= 0.3 is 0 Å². The van der Waals surface area contributed by atoms with E-state index < -0.39 is 0 Å². The van der Waals surface area contributed by atoms with Crippen molar-refractivity contribution in [2.24, 2.45) is 0 Å². The molecule has 3 rings (SSSR count). The van der Waals surface area contributed by atoms with Gasteiger partial charge < -0.3 is 19.7 Å². The van der Waals surface area contributed by atoms with E-state index in [9.17, 15) is 4.79 Å². The first-order chi connectivity index (χ1) is 12.3. The van der Waals surface area contributed by atoms with Crippen LogP contribution < -0.4 is 15.0 Å². The minimum atomic E-state index is -0.213. The van der Waals surface area contributed by atoms with Crippen LogP contribution in [0.25, 0.3) is 0 Å². The number of carbonyl (C=O) groups excluding carboxylic acids is 1. The molecule has 0 radical (unpaired) electrons. The fourth-order valence-electron chi connectivity index (χ4n) is 2.60. The molecule has 0 atom stereocenters. The highest BCUT2D eigenvalue weighted by Gasteiger charge is 2.14. The van der Waals surface area contributed by atoms with Crippen molar-refractivity contribution in [3.8, 4) is 5.75 Å². The van der Waals surface area contributed by atoms with Gasteiger partial charge in [0, 0.05) is 19.6 Å². The SMILES string of the molecule is COc1ccc(CCNC(=O)c2cnc(N3CCOCC3)cn2)cc1. The highest BCUT2D eigenvalue weighted by Crippen LogP contribution is 2.12. The monoisotopic (exact) mass is 342 g/mol. The number of benzene rings is 1. The highest BCUT2D eigenvalue weighted by atomic mass is 16.5. The van der Waals surface area contributed by atoms with Crippen LogP contribution in [-0.2, 0) is 11.2 Å². The van der Waals surface area contributed by atoms with Gasteiger partial charge in [-0.05, 0) is 24.1 Å². The Morgan fingerprint density at radius 3 is 2.60 bits per heavy atom. The van der Waals surface area contributed by atoms with Crippen LogP contribution in [0, 0.1) is 0 Å². The van der Waals surface area contributed by atoms with Gasteiger partial charge in [0.05, 0.1) is 32.7 Å². The van der Waals surface area contributed by atoms with Crippen molar-refractivity contribution in [1.82, 2.24) is 15.3 Å². The maximum atomic E-state index is 12.2. The second-order valence-electron chi connectivity index (χ2n) is 5.71. The predicted octanol–water partition coefficient (Wildman–Crippen LogP) is 1.29. The standard InChI is InChI=1S/C18H22N4O3/c1-24-15-4-2-14(3-5-15)6-7-19-18(23)16-12-21-17(13-20-16)22-8-10-25-11-9-22/h2-5,12-13H,6-11H2,1H3,(H,19,23). The summed E-state index contributed by atoms with van der Waals surface area (Å²) in [5.74, 6) is 1.39. The summed E-state index contributed by atoms with van der Waals surface area (Å²) in [6.07, 6.45) is 3.91. The Hall–Kier alpha value is -2.67. The molecule has 0 spiro atoms. The minimum absolute atomic E-state index is 0.213. The van der Waals surface area contributed by atoms with Crippen LogP contribution in [0.4, 0.5) is 5.82 Å². The Morgan fingerprint density at radius 2 is 1.96 bits per heavy atom. The van der Waals surface area contributed by atoms with E-state index in [1.165, 1.54) is 6.20 Å². The Labute approximate surface area is 147 Å². The Kier molecular flexibility index (Phi) is 5.79. The van der Waals surface area contributed by atoms with Crippen LogP contribution in [0.2, 0.25) is 0 Å². The summed E-state index contributed by atoms with van der Waals surface area (Å²) in [5.41, 5.74) is 1.46. The molecule has 0 unspecified atom stereocenters. The lowest BCUT2D eigenvalue weighted by Crippen LogP contribution is -2.37. The molecule has 2 aromatic rings. The highest BCUT2D eigenvalue weighted by molar-refractivity contribution is 5.92. The molecule has 0 saturated carbocycles. The molecule has 1 fully saturated rings. The maximum absolute atomic E-state index is 12.2. The summed E-state index contributed by atoms with van der Waals surface area (Å²) in [6.45, 7) is 3.51. The van der Waals surface area contributed by atoms with Crippen molar-refractivity contribution in [2.45, 2.75) is 6.42 Å². The number of morpholine rings is 1. The van der Waals surface area contributed by atoms with Crippen LogP contribution in [0.1, 0.15) is 16.1 Å². The Morgan fingerprint density at radius 1 is 1.20 bits per heavy atom. The number of ether oxygens (including phenoxy) is 2. The molecule has 1 aromatic heterocycles. The van der Waals surface area contributed by atoms with E-state index in [1.54, 1.807) is 13.3 Å². The third kappa shape index (κ3) is 4.67. The third-order valence-corrected chi connectivity index (χ3v) is 4.06. The third-order valence-electron chi connectivity index (χ3n) is 4.06. The summed E-state index contributed by atoms with van der Waals surface area (Å²) in [4.78, 5) is 22.8. The summed E-state index contributed by atoms with van der Waals surface area (Å²) in [5, 5.41) is 2.87. The van der Waals surface area contributed by atoms with Crippen LogP contribution in [0.3, 0.4) is 0 Å². The molecule has 132 valence electrons. The zero-order valence-electron chi connectivity index (χ0n) is 14.3. The number of rotatable bonds is 6. The van der Waals surface area contributed by atoms with Crippen molar-refractivity contribution in [3.63, 3.8) is 0 Å². The minimum Gasteiger partial charge on any atom is -0.497 e. The lowest BCUT2D eigenvalue weighted by atomic mass is 10.1. The zero-order valence-corrected chi connectivity index (χ0v) is 14.3. The molecule has 1 aliphatic heterocycles. The van der Waals surface area contributed by atoms with Gasteiger partial charge in [0.15, 0.2) is 0 Å². The van der Waals surface area contributed by atoms with E-state index in [1.807, 2.05) is 24.3 Å². The van der Waals surface area contributed by atoms with E-state index >= 15 is 0 Å². The number of anilines is 1. The molecule has 7 heteroatoms. The average molecular weight is 342 g/mol. The molecule has 1 amide bonds. The number of hydrogen-bond donors (Lipinski definition) is 1. The summed E-state index contributed by atoms with van der Waals surface area (Å²) in [7, 11) is 1.64. The molecule has 7 nitrogen and oxygen atoms in total. The van der Waals surface area contributed by atoms with Crippen LogP contribution in [0.15, 0.2) is 36.7 Å². The molecule has 1 aromatic carbocycles. The van der Waals surface area contributed by atoms with E-state index in [-0.39, 0.29) is 5.91 Å².